The van der Waals surface area contributed by atoms with Crippen LogP contribution in [0, 0.1) is 0 Å². The predicted octanol–water partition coefficient (Wildman–Crippen LogP) is 4.29. The Bertz CT molecular complexity index is 190. The van der Waals surface area contributed by atoms with Crippen LogP contribution in [0.3, 0.4) is 0 Å². The second-order valence-electron chi connectivity index (χ2n) is 4.44. The maximum atomic E-state index is 11.0. The molecule has 0 aromatic rings. The van der Waals surface area contributed by atoms with Crippen LogP contribution >= 0.6 is 0 Å². The third-order valence-corrected chi connectivity index (χ3v) is 2.42. The molecule has 0 radical (unpaired) electrons. The van der Waals surface area contributed by atoms with Gasteiger partial charge in [0, 0.05) is 19.8 Å². The maximum absolute atomic E-state index is 11.0. The second-order valence-corrected chi connectivity index (χ2v) is 4.44. The van der Waals surface area contributed by atoms with E-state index in [0.717, 1.165) is 51.4 Å². The SMILES string of the molecule is CCCCC(=O)CCCC.CCCCOC(C)=O. The van der Waals surface area contributed by atoms with Gasteiger partial charge in [-0.3, -0.25) is 9.59 Å². The summed E-state index contributed by atoms with van der Waals surface area (Å²) in [5, 5.41) is 0. The van der Waals surface area contributed by atoms with Crippen LogP contribution in [0.1, 0.15) is 79.1 Å². The molecule has 0 unspecified atom stereocenters. The number of rotatable bonds is 9. The average Bonchev–Trinajstić information content (AvgIpc) is 2.34. The van der Waals surface area contributed by atoms with Crippen molar-refractivity contribution >= 4 is 11.8 Å². The lowest BCUT2D eigenvalue weighted by molar-refractivity contribution is -0.141. The van der Waals surface area contributed by atoms with E-state index in [1.54, 1.807) is 0 Å². The summed E-state index contributed by atoms with van der Waals surface area (Å²) in [7, 11) is 0. The first kappa shape index (κ1) is 19.5. The van der Waals surface area contributed by atoms with E-state index >= 15 is 0 Å². The summed E-state index contributed by atoms with van der Waals surface area (Å²) in [5.74, 6) is 0.266. The van der Waals surface area contributed by atoms with Gasteiger partial charge >= 0.3 is 5.97 Å². The van der Waals surface area contributed by atoms with Crippen LogP contribution in [0.25, 0.3) is 0 Å². The van der Waals surface area contributed by atoms with Crippen molar-refractivity contribution in [3.63, 3.8) is 0 Å². The van der Waals surface area contributed by atoms with Gasteiger partial charge in [-0.1, -0.05) is 40.0 Å². The third-order valence-electron chi connectivity index (χ3n) is 2.42. The molecule has 0 N–H and O–H groups in total. The van der Waals surface area contributed by atoms with Gasteiger partial charge in [-0.2, -0.15) is 0 Å². The summed E-state index contributed by atoms with van der Waals surface area (Å²) in [6, 6.07) is 0. The Balaban J connectivity index is 0. The molecule has 0 spiro atoms. The van der Waals surface area contributed by atoms with E-state index in [4.69, 9.17) is 0 Å². The smallest absolute Gasteiger partial charge is 0.302 e. The Morgan fingerprint density at radius 1 is 0.833 bits per heavy atom. The fraction of sp³-hybridized carbons (Fsp3) is 0.867. The number of hydrogen-bond donors (Lipinski definition) is 0. The first-order chi connectivity index (χ1) is 8.58. The van der Waals surface area contributed by atoms with Gasteiger partial charge in [0.25, 0.3) is 0 Å². The van der Waals surface area contributed by atoms with Crippen LogP contribution in [-0.2, 0) is 14.3 Å². The molecule has 0 atom stereocenters. The maximum Gasteiger partial charge on any atom is 0.302 e. The van der Waals surface area contributed by atoms with Crippen molar-refractivity contribution in [1.82, 2.24) is 0 Å². The zero-order valence-corrected chi connectivity index (χ0v) is 12.6. The molecule has 108 valence electrons. The molecule has 0 aliphatic rings. The summed E-state index contributed by atoms with van der Waals surface area (Å²) in [4.78, 5) is 21.1. The van der Waals surface area contributed by atoms with Gasteiger partial charge in [0.15, 0.2) is 0 Å². The summed E-state index contributed by atoms with van der Waals surface area (Å²) in [5.41, 5.74) is 0. The fourth-order valence-electron chi connectivity index (χ4n) is 1.23. The second kappa shape index (κ2) is 16.1. The molecule has 0 fully saturated rings. The zero-order chi connectivity index (χ0) is 14.2. The lowest BCUT2D eigenvalue weighted by Crippen LogP contribution is -1.99. The molecule has 18 heavy (non-hydrogen) atoms. The summed E-state index contributed by atoms with van der Waals surface area (Å²) < 4.78 is 4.64. The average molecular weight is 258 g/mol. The first-order valence-electron chi connectivity index (χ1n) is 7.23. The van der Waals surface area contributed by atoms with Crippen LogP contribution in [0.4, 0.5) is 0 Å². The fourth-order valence-corrected chi connectivity index (χ4v) is 1.23. The Kier molecular flexibility index (Phi) is 17.5. The highest BCUT2D eigenvalue weighted by Crippen LogP contribution is 2.02. The van der Waals surface area contributed by atoms with E-state index in [-0.39, 0.29) is 5.97 Å². The third kappa shape index (κ3) is 20.5. The van der Waals surface area contributed by atoms with Crippen molar-refractivity contribution in [2.75, 3.05) is 6.61 Å². The van der Waals surface area contributed by atoms with Crippen LogP contribution in [-0.4, -0.2) is 18.4 Å². The molecule has 0 saturated carbocycles. The number of carbonyl (C=O) groups is 2. The molecule has 0 rings (SSSR count). The van der Waals surface area contributed by atoms with Gasteiger partial charge in [0.05, 0.1) is 6.61 Å². The number of ether oxygens (including phenoxy) is 1. The van der Waals surface area contributed by atoms with E-state index in [0.29, 0.717) is 12.4 Å². The quantitative estimate of drug-likeness (QED) is 0.458. The van der Waals surface area contributed by atoms with E-state index in [1.165, 1.54) is 6.92 Å². The highest BCUT2D eigenvalue weighted by atomic mass is 16.5. The van der Waals surface area contributed by atoms with Gasteiger partial charge in [-0.25, -0.2) is 0 Å². The zero-order valence-electron chi connectivity index (χ0n) is 12.6. The van der Waals surface area contributed by atoms with Crippen LogP contribution < -0.4 is 0 Å². The number of ketones is 1. The van der Waals surface area contributed by atoms with Crippen molar-refractivity contribution in [3.8, 4) is 0 Å². The van der Waals surface area contributed by atoms with E-state index < -0.39 is 0 Å². The molecule has 0 heterocycles. The molecule has 0 aromatic heterocycles. The minimum absolute atomic E-state index is 0.182. The molecule has 0 aliphatic carbocycles. The lowest BCUT2D eigenvalue weighted by Gasteiger charge is -1.96. The molecule has 0 aromatic carbocycles. The van der Waals surface area contributed by atoms with Gasteiger partial charge in [-0.05, 0) is 19.3 Å². The Hall–Kier alpha value is -0.860. The summed E-state index contributed by atoms with van der Waals surface area (Å²) in [6.07, 6.45) is 8.07. The molecule has 0 aliphatic heterocycles. The molecule has 3 heteroatoms. The number of Topliss-reactive ketones (excluding diaryl/α,β-unsaturated/α-hetero) is 1. The van der Waals surface area contributed by atoms with Gasteiger partial charge in [0.2, 0.25) is 0 Å². The number of carbonyl (C=O) groups excluding carboxylic acids is 2. The van der Waals surface area contributed by atoms with Crippen molar-refractivity contribution in [2.24, 2.45) is 0 Å². The Labute approximate surface area is 112 Å². The predicted molar refractivity (Wildman–Crippen MR) is 75.6 cm³/mol. The van der Waals surface area contributed by atoms with Gasteiger partial charge in [-0.15, -0.1) is 0 Å². The Morgan fingerprint density at radius 3 is 1.61 bits per heavy atom. The van der Waals surface area contributed by atoms with Crippen LogP contribution in [0.5, 0.6) is 0 Å². The number of hydrogen-bond acceptors (Lipinski definition) is 3. The highest BCUT2D eigenvalue weighted by Gasteiger charge is 1.98. The van der Waals surface area contributed by atoms with Crippen LogP contribution in [0.2, 0.25) is 0 Å². The van der Waals surface area contributed by atoms with Crippen molar-refractivity contribution < 1.29 is 14.3 Å². The summed E-state index contributed by atoms with van der Waals surface area (Å²) in [6.45, 7) is 8.30. The number of unbranched alkanes of at least 4 members (excludes halogenated alkanes) is 3. The molecule has 0 bridgehead atoms. The molecular formula is C15H30O3. The first-order valence-corrected chi connectivity index (χ1v) is 7.23. The minimum atomic E-state index is -0.182. The van der Waals surface area contributed by atoms with E-state index in [9.17, 15) is 9.59 Å². The molecular weight excluding hydrogens is 228 g/mol. The standard InChI is InChI=1S/C9H18O.C6H12O2/c1-3-5-7-9(10)8-6-4-2;1-3-4-5-8-6(2)7/h3-8H2,1-2H3;3-5H2,1-2H3. The summed E-state index contributed by atoms with van der Waals surface area (Å²) >= 11 is 0. The van der Waals surface area contributed by atoms with Crippen molar-refractivity contribution in [3.05, 3.63) is 0 Å². The van der Waals surface area contributed by atoms with Gasteiger partial charge in [0.1, 0.15) is 5.78 Å². The largest absolute Gasteiger partial charge is 0.466 e. The topological polar surface area (TPSA) is 43.4 Å². The van der Waals surface area contributed by atoms with Crippen molar-refractivity contribution in [2.45, 2.75) is 79.1 Å². The monoisotopic (exact) mass is 258 g/mol. The van der Waals surface area contributed by atoms with Gasteiger partial charge < -0.3 is 4.74 Å². The normalized spacial score (nSPS) is 9.33. The highest BCUT2D eigenvalue weighted by molar-refractivity contribution is 5.78. The Morgan fingerprint density at radius 2 is 1.28 bits per heavy atom. The van der Waals surface area contributed by atoms with E-state index in [2.05, 4.69) is 25.5 Å². The minimum Gasteiger partial charge on any atom is -0.466 e. The van der Waals surface area contributed by atoms with E-state index in [1.807, 2.05) is 0 Å². The number of esters is 1. The molecule has 0 amide bonds. The molecule has 3 nitrogen and oxygen atoms in total. The van der Waals surface area contributed by atoms with Crippen LogP contribution in [0.15, 0.2) is 0 Å². The lowest BCUT2D eigenvalue weighted by atomic mass is 10.1. The molecule has 0 saturated heterocycles. The van der Waals surface area contributed by atoms with Crippen molar-refractivity contribution in [1.29, 1.82) is 0 Å².